The highest BCUT2D eigenvalue weighted by Gasteiger charge is 2.17. The fourth-order valence-electron chi connectivity index (χ4n) is 5.88. The van der Waals surface area contributed by atoms with Crippen LogP contribution in [0.15, 0.2) is 72.9 Å². The zero-order valence-corrected chi connectivity index (χ0v) is 35.5. The molecule has 5 heteroatoms. The van der Waals surface area contributed by atoms with Crippen molar-refractivity contribution in [1.82, 2.24) is 0 Å². The van der Waals surface area contributed by atoms with E-state index in [0.29, 0.717) is 19.4 Å². The summed E-state index contributed by atoms with van der Waals surface area (Å²) in [6, 6.07) is 0. The molecule has 0 aliphatic carbocycles. The van der Waals surface area contributed by atoms with E-state index in [9.17, 15) is 9.59 Å². The van der Waals surface area contributed by atoms with Gasteiger partial charge in [-0.25, -0.2) is 0 Å². The number of unbranched alkanes of at least 4 members (excludes halogenated alkanes) is 17. The molecule has 0 aliphatic rings. The van der Waals surface area contributed by atoms with Gasteiger partial charge in [0.25, 0.3) is 0 Å². The minimum Gasteiger partial charge on any atom is -0.462 e. The van der Waals surface area contributed by atoms with Crippen LogP contribution in [0.4, 0.5) is 0 Å². The second-order valence-corrected chi connectivity index (χ2v) is 14.6. The van der Waals surface area contributed by atoms with Crippen LogP contribution < -0.4 is 0 Å². The van der Waals surface area contributed by atoms with Gasteiger partial charge in [-0.05, 0) is 89.9 Å². The Kier molecular flexibility index (Phi) is 42.5. The molecule has 310 valence electrons. The highest BCUT2D eigenvalue weighted by molar-refractivity contribution is 5.70. The number of hydrogen-bond acceptors (Lipinski definition) is 5. The Hall–Kier alpha value is -2.66. The first-order chi connectivity index (χ1) is 26.6. The normalized spacial score (nSPS) is 12.9. The number of hydrogen-bond donors (Lipinski definition) is 0. The third kappa shape index (κ3) is 42.1. The second-order valence-electron chi connectivity index (χ2n) is 14.6. The standard InChI is InChI=1S/C49H84O5/c1-4-7-10-13-16-18-20-22-23-24-25-26-27-29-30-32-34-36-39-42-48(50)53-46-47(45-52-44-41-38-15-12-9-6-3)54-49(51)43-40-37-35-33-31-28-21-19-17-14-11-8-5-2/h7,10,16,18-19,21-23,25-26,29-30,47H,4-6,8-9,11-15,17,20,24,27-28,31-46H2,1-3H3/b10-7-,18-16-,21-19-,23-22-,26-25-,30-29-. The fourth-order valence-corrected chi connectivity index (χ4v) is 5.88. The number of carbonyl (C=O) groups is 2. The zero-order chi connectivity index (χ0) is 39.3. The highest BCUT2D eigenvalue weighted by atomic mass is 16.6. The van der Waals surface area contributed by atoms with Gasteiger partial charge < -0.3 is 14.2 Å². The van der Waals surface area contributed by atoms with Gasteiger partial charge in [-0.2, -0.15) is 0 Å². The summed E-state index contributed by atoms with van der Waals surface area (Å²) < 4.78 is 17.2. The Morgan fingerprint density at radius 3 is 1.39 bits per heavy atom. The number of ether oxygens (including phenoxy) is 3. The number of rotatable bonds is 40. The molecule has 0 rings (SSSR count). The molecule has 0 aromatic rings. The van der Waals surface area contributed by atoms with E-state index in [1.165, 1.54) is 70.6 Å². The van der Waals surface area contributed by atoms with Gasteiger partial charge in [0.15, 0.2) is 6.10 Å². The van der Waals surface area contributed by atoms with Crippen molar-refractivity contribution in [2.75, 3.05) is 19.8 Å². The quantitative estimate of drug-likeness (QED) is 0.0354. The first-order valence-corrected chi connectivity index (χ1v) is 22.5. The minimum atomic E-state index is -0.550. The lowest BCUT2D eigenvalue weighted by Gasteiger charge is -2.18. The molecule has 0 bridgehead atoms. The lowest BCUT2D eigenvalue weighted by atomic mass is 10.1. The van der Waals surface area contributed by atoms with Crippen LogP contribution in [-0.2, 0) is 23.8 Å². The van der Waals surface area contributed by atoms with E-state index in [2.05, 4.69) is 93.7 Å². The Bertz CT molecular complexity index is 988. The minimum absolute atomic E-state index is 0.0627. The van der Waals surface area contributed by atoms with Crippen molar-refractivity contribution in [3.05, 3.63) is 72.9 Å². The fraction of sp³-hybridized carbons (Fsp3) is 0.714. The summed E-state index contributed by atoms with van der Waals surface area (Å²) in [5, 5.41) is 0. The van der Waals surface area contributed by atoms with Crippen LogP contribution >= 0.6 is 0 Å². The predicted molar refractivity (Wildman–Crippen MR) is 233 cm³/mol. The Labute approximate surface area is 334 Å². The van der Waals surface area contributed by atoms with Crippen molar-refractivity contribution in [1.29, 1.82) is 0 Å². The van der Waals surface area contributed by atoms with Crippen LogP contribution in [0.2, 0.25) is 0 Å². The predicted octanol–water partition coefficient (Wildman–Crippen LogP) is 14.8. The maximum Gasteiger partial charge on any atom is 0.306 e. The molecule has 1 atom stereocenters. The second kappa shape index (κ2) is 44.7. The van der Waals surface area contributed by atoms with E-state index in [1.54, 1.807) is 0 Å². The van der Waals surface area contributed by atoms with E-state index in [0.717, 1.165) is 96.3 Å². The van der Waals surface area contributed by atoms with E-state index < -0.39 is 6.10 Å². The van der Waals surface area contributed by atoms with Gasteiger partial charge in [0, 0.05) is 19.4 Å². The molecule has 0 N–H and O–H groups in total. The van der Waals surface area contributed by atoms with Crippen LogP contribution in [0.3, 0.4) is 0 Å². The average molecular weight is 753 g/mol. The molecule has 0 saturated carbocycles. The Morgan fingerprint density at radius 1 is 0.426 bits per heavy atom. The van der Waals surface area contributed by atoms with Crippen molar-refractivity contribution < 1.29 is 23.8 Å². The van der Waals surface area contributed by atoms with E-state index in [1.807, 2.05) is 0 Å². The number of esters is 2. The molecule has 0 heterocycles. The summed E-state index contributed by atoms with van der Waals surface area (Å²) >= 11 is 0. The first-order valence-electron chi connectivity index (χ1n) is 22.5. The van der Waals surface area contributed by atoms with Crippen LogP contribution in [0.25, 0.3) is 0 Å². The Balaban J connectivity index is 4.20. The van der Waals surface area contributed by atoms with Crippen LogP contribution in [-0.4, -0.2) is 37.9 Å². The summed E-state index contributed by atoms with van der Waals surface area (Å²) in [4.78, 5) is 25.1. The van der Waals surface area contributed by atoms with Gasteiger partial charge in [0.05, 0.1) is 6.61 Å². The first kappa shape index (κ1) is 51.3. The summed E-state index contributed by atoms with van der Waals surface area (Å²) in [5.74, 6) is -0.451. The maximum absolute atomic E-state index is 12.7. The topological polar surface area (TPSA) is 61.8 Å². The lowest BCUT2D eigenvalue weighted by molar-refractivity contribution is -0.163. The largest absolute Gasteiger partial charge is 0.462 e. The molecule has 0 radical (unpaired) electrons. The lowest BCUT2D eigenvalue weighted by Crippen LogP contribution is -2.30. The van der Waals surface area contributed by atoms with Gasteiger partial charge >= 0.3 is 11.9 Å². The summed E-state index contributed by atoms with van der Waals surface area (Å²) in [6.45, 7) is 7.61. The molecule has 0 fully saturated rings. The van der Waals surface area contributed by atoms with Crippen molar-refractivity contribution in [3.8, 4) is 0 Å². The molecule has 5 nitrogen and oxygen atoms in total. The van der Waals surface area contributed by atoms with Gasteiger partial charge in [-0.1, -0.05) is 171 Å². The molecule has 0 aliphatic heterocycles. The zero-order valence-electron chi connectivity index (χ0n) is 35.5. The van der Waals surface area contributed by atoms with Crippen LogP contribution in [0.5, 0.6) is 0 Å². The van der Waals surface area contributed by atoms with Crippen molar-refractivity contribution in [2.45, 2.75) is 207 Å². The SMILES string of the molecule is CC/C=C\C/C=C\C/C=C\C/C=C\C/C=C\CCCCCC(=O)OCC(COCCCCCCCC)OC(=O)CCCCCCC/C=C\CCCCCC. The van der Waals surface area contributed by atoms with Crippen molar-refractivity contribution in [3.63, 3.8) is 0 Å². The number of allylic oxidation sites excluding steroid dienone is 12. The van der Waals surface area contributed by atoms with E-state index >= 15 is 0 Å². The highest BCUT2D eigenvalue weighted by Crippen LogP contribution is 2.12. The van der Waals surface area contributed by atoms with Gasteiger partial charge in [0.2, 0.25) is 0 Å². The van der Waals surface area contributed by atoms with Crippen molar-refractivity contribution in [2.24, 2.45) is 0 Å². The third-order valence-electron chi connectivity index (χ3n) is 9.23. The molecule has 1 unspecified atom stereocenters. The third-order valence-corrected chi connectivity index (χ3v) is 9.23. The number of carbonyl (C=O) groups excluding carboxylic acids is 2. The molecular formula is C49H84O5. The van der Waals surface area contributed by atoms with Crippen LogP contribution in [0, 0.1) is 0 Å². The van der Waals surface area contributed by atoms with Gasteiger partial charge in [0.1, 0.15) is 6.61 Å². The van der Waals surface area contributed by atoms with Crippen LogP contribution in [0.1, 0.15) is 201 Å². The molecular weight excluding hydrogens is 669 g/mol. The molecule has 0 spiro atoms. The molecule has 54 heavy (non-hydrogen) atoms. The molecule has 0 aromatic carbocycles. The smallest absolute Gasteiger partial charge is 0.306 e. The summed E-state index contributed by atoms with van der Waals surface area (Å²) in [6.07, 6.45) is 56.2. The van der Waals surface area contributed by atoms with E-state index in [-0.39, 0.29) is 25.2 Å². The molecule has 0 aromatic heterocycles. The van der Waals surface area contributed by atoms with Crippen molar-refractivity contribution >= 4 is 11.9 Å². The molecule has 0 amide bonds. The summed E-state index contributed by atoms with van der Waals surface area (Å²) in [5.41, 5.74) is 0. The average Bonchev–Trinajstić information content (AvgIpc) is 3.17. The monoisotopic (exact) mass is 753 g/mol. The Morgan fingerprint density at radius 2 is 0.833 bits per heavy atom. The maximum atomic E-state index is 12.7. The van der Waals surface area contributed by atoms with Gasteiger partial charge in [-0.3, -0.25) is 9.59 Å². The molecule has 0 saturated heterocycles. The summed E-state index contributed by atoms with van der Waals surface area (Å²) in [7, 11) is 0. The van der Waals surface area contributed by atoms with Gasteiger partial charge in [-0.15, -0.1) is 0 Å². The van der Waals surface area contributed by atoms with E-state index in [4.69, 9.17) is 14.2 Å².